The van der Waals surface area contributed by atoms with E-state index < -0.39 is 0 Å². The Morgan fingerprint density at radius 3 is 2.50 bits per heavy atom. The molecule has 2 aromatic carbocycles. The molecule has 6 nitrogen and oxygen atoms in total. The highest BCUT2D eigenvalue weighted by atomic mass is 32.1. The van der Waals surface area contributed by atoms with Gasteiger partial charge in [-0.3, -0.25) is 9.69 Å². The molecule has 7 heteroatoms. The van der Waals surface area contributed by atoms with Gasteiger partial charge in [-0.15, -0.1) is 0 Å². The van der Waals surface area contributed by atoms with E-state index in [1.165, 1.54) is 5.56 Å². The Kier molecular flexibility index (Phi) is 4.92. The number of furan rings is 1. The van der Waals surface area contributed by atoms with Crippen LogP contribution in [0.15, 0.2) is 71.3 Å². The van der Waals surface area contributed by atoms with Gasteiger partial charge in [0.05, 0.1) is 16.5 Å². The van der Waals surface area contributed by atoms with Crippen molar-refractivity contribution in [2.75, 3.05) is 26.2 Å². The van der Waals surface area contributed by atoms with Crippen LogP contribution in [0, 0.1) is 11.8 Å². The molecule has 0 radical (unpaired) electrons. The van der Waals surface area contributed by atoms with Crippen LogP contribution in [-0.2, 0) is 6.54 Å². The fraction of sp³-hybridized carbons (Fsp3) is 0.280. The van der Waals surface area contributed by atoms with Crippen LogP contribution >= 0.6 is 11.3 Å². The molecule has 2 aromatic heterocycles. The van der Waals surface area contributed by atoms with Gasteiger partial charge in [0.1, 0.15) is 5.75 Å². The third-order valence-electron chi connectivity index (χ3n) is 6.39. The summed E-state index contributed by atoms with van der Waals surface area (Å²) in [7, 11) is 0. The molecule has 4 aromatic rings. The minimum absolute atomic E-state index is 0.0136. The van der Waals surface area contributed by atoms with Gasteiger partial charge in [0.2, 0.25) is 0 Å². The molecule has 2 atom stereocenters. The number of nitrogens with zero attached hydrogens (tertiary/aromatic N) is 3. The first-order chi connectivity index (χ1) is 15.7. The van der Waals surface area contributed by atoms with E-state index in [4.69, 9.17) is 9.15 Å². The summed E-state index contributed by atoms with van der Waals surface area (Å²) >= 11 is 1.56. The van der Waals surface area contributed by atoms with Crippen LogP contribution in [0.5, 0.6) is 10.9 Å². The Labute approximate surface area is 190 Å². The second-order valence-electron chi connectivity index (χ2n) is 8.60. The van der Waals surface area contributed by atoms with Crippen LogP contribution in [0.25, 0.3) is 10.2 Å². The number of hydrogen-bond donors (Lipinski definition) is 0. The Morgan fingerprint density at radius 2 is 1.78 bits per heavy atom. The Bertz CT molecular complexity index is 1190. The number of amides is 1. The summed E-state index contributed by atoms with van der Waals surface area (Å²) in [6, 6.07) is 19.9. The third kappa shape index (κ3) is 3.78. The quantitative estimate of drug-likeness (QED) is 0.438. The maximum atomic E-state index is 12.5. The first-order valence-corrected chi connectivity index (χ1v) is 11.7. The van der Waals surface area contributed by atoms with E-state index in [-0.39, 0.29) is 5.91 Å². The van der Waals surface area contributed by atoms with Crippen molar-refractivity contribution in [3.63, 3.8) is 0 Å². The zero-order chi connectivity index (χ0) is 21.5. The van der Waals surface area contributed by atoms with Crippen molar-refractivity contribution in [2.45, 2.75) is 6.54 Å². The summed E-state index contributed by atoms with van der Waals surface area (Å²) in [5.74, 6) is 2.33. The SMILES string of the molecule is O=C(c1ccco1)N1CC2CN(Cc3ccc(Oc4nc5ccccc5s4)cc3)CC2C1. The number of benzene rings is 2. The predicted molar refractivity (Wildman–Crippen MR) is 123 cm³/mol. The topological polar surface area (TPSA) is 58.8 Å². The summed E-state index contributed by atoms with van der Waals surface area (Å²) in [6.45, 7) is 4.60. The number of para-hydroxylation sites is 1. The van der Waals surface area contributed by atoms with Gasteiger partial charge in [0.15, 0.2) is 5.76 Å². The lowest BCUT2D eigenvalue weighted by molar-refractivity contribution is 0.0742. The van der Waals surface area contributed by atoms with Crippen molar-refractivity contribution in [2.24, 2.45) is 11.8 Å². The first-order valence-electron chi connectivity index (χ1n) is 10.9. The second kappa shape index (κ2) is 8.07. The van der Waals surface area contributed by atoms with Crippen LogP contribution in [0.4, 0.5) is 0 Å². The zero-order valence-electron chi connectivity index (χ0n) is 17.5. The largest absolute Gasteiger partial charge is 0.459 e. The molecule has 4 heterocycles. The van der Waals surface area contributed by atoms with Crippen LogP contribution in [0.3, 0.4) is 0 Å². The number of aromatic nitrogens is 1. The number of carbonyl (C=O) groups excluding carboxylic acids is 1. The highest BCUT2D eigenvalue weighted by Gasteiger charge is 2.42. The minimum atomic E-state index is 0.0136. The summed E-state index contributed by atoms with van der Waals surface area (Å²) < 4.78 is 12.4. The van der Waals surface area contributed by atoms with E-state index in [1.807, 2.05) is 35.2 Å². The fourth-order valence-corrected chi connectivity index (χ4v) is 5.69. The van der Waals surface area contributed by atoms with E-state index in [0.29, 0.717) is 22.8 Å². The number of hydrogen-bond acceptors (Lipinski definition) is 6. The van der Waals surface area contributed by atoms with Crippen molar-refractivity contribution in [1.29, 1.82) is 0 Å². The van der Waals surface area contributed by atoms with Gasteiger partial charge < -0.3 is 14.1 Å². The van der Waals surface area contributed by atoms with Crippen LogP contribution < -0.4 is 4.74 Å². The van der Waals surface area contributed by atoms with Crippen molar-refractivity contribution < 1.29 is 13.9 Å². The average Bonchev–Trinajstić information content (AvgIpc) is 3.58. The average molecular weight is 446 g/mol. The van der Waals surface area contributed by atoms with Crippen molar-refractivity contribution in [1.82, 2.24) is 14.8 Å². The molecule has 2 aliphatic heterocycles. The van der Waals surface area contributed by atoms with Crippen molar-refractivity contribution in [3.8, 4) is 10.9 Å². The molecule has 0 aliphatic carbocycles. The van der Waals surface area contributed by atoms with Gasteiger partial charge >= 0.3 is 0 Å². The highest BCUT2D eigenvalue weighted by molar-refractivity contribution is 7.20. The Morgan fingerprint density at radius 1 is 1.00 bits per heavy atom. The minimum Gasteiger partial charge on any atom is -0.459 e. The summed E-state index contributed by atoms with van der Waals surface area (Å²) in [4.78, 5) is 21.5. The number of likely N-dealkylation sites (tertiary alicyclic amines) is 2. The second-order valence-corrected chi connectivity index (χ2v) is 9.59. The number of fused-ring (bicyclic) bond motifs is 2. The molecule has 2 saturated heterocycles. The number of thiazole rings is 1. The van der Waals surface area contributed by atoms with E-state index in [9.17, 15) is 4.79 Å². The number of rotatable bonds is 5. The lowest BCUT2D eigenvalue weighted by atomic mass is 10.0. The number of ether oxygens (including phenoxy) is 1. The first kappa shape index (κ1) is 19.5. The Balaban J connectivity index is 1.04. The zero-order valence-corrected chi connectivity index (χ0v) is 18.3. The van der Waals surface area contributed by atoms with Gasteiger partial charge in [-0.2, -0.15) is 0 Å². The van der Waals surface area contributed by atoms with Gasteiger partial charge in [-0.05, 0) is 53.8 Å². The number of carbonyl (C=O) groups is 1. The van der Waals surface area contributed by atoms with Gasteiger partial charge in [0.25, 0.3) is 11.1 Å². The maximum absolute atomic E-state index is 12.5. The van der Waals surface area contributed by atoms with E-state index in [0.717, 1.165) is 48.7 Å². The smallest absolute Gasteiger partial charge is 0.289 e. The van der Waals surface area contributed by atoms with E-state index >= 15 is 0 Å². The molecule has 0 saturated carbocycles. The maximum Gasteiger partial charge on any atom is 0.289 e. The van der Waals surface area contributed by atoms with Crippen LogP contribution in [0.2, 0.25) is 0 Å². The molecule has 1 amide bonds. The molecule has 2 fully saturated rings. The van der Waals surface area contributed by atoms with Gasteiger partial charge in [-0.1, -0.05) is 35.6 Å². The fourth-order valence-electron chi connectivity index (χ4n) is 4.86. The van der Waals surface area contributed by atoms with Crippen LogP contribution in [-0.4, -0.2) is 46.9 Å². The van der Waals surface area contributed by atoms with Crippen molar-refractivity contribution >= 4 is 27.5 Å². The monoisotopic (exact) mass is 445 g/mol. The lowest BCUT2D eigenvalue weighted by Gasteiger charge is -2.21. The third-order valence-corrected chi connectivity index (χ3v) is 7.30. The van der Waals surface area contributed by atoms with Crippen molar-refractivity contribution in [3.05, 3.63) is 78.3 Å². The molecule has 0 N–H and O–H groups in total. The molecule has 6 rings (SSSR count). The molecule has 0 spiro atoms. The van der Waals surface area contributed by atoms with E-state index in [1.54, 1.807) is 29.7 Å². The summed E-state index contributed by atoms with van der Waals surface area (Å²) in [6.07, 6.45) is 1.56. The lowest BCUT2D eigenvalue weighted by Crippen LogP contribution is -2.32. The molecule has 162 valence electrons. The summed E-state index contributed by atoms with van der Waals surface area (Å²) in [5.41, 5.74) is 2.23. The summed E-state index contributed by atoms with van der Waals surface area (Å²) in [5, 5.41) is 0.667. The van der Waals surface area contributed by atoms with Gasteiger partial charge in [-0.25, -0.2) is 4.98 Å². The molecule has 2 aliphatic rings. The standard InChI is InChI=1S/C25H23N3O3S/c29-24(22-5-3-11-30-22)28-15-18-13-27(14-19(18)16-28)12-17-7-9-20(10-8-17)31-25-26-21-4-1-2-6-23(21)32-25/h1-11,18-19H,12-16H2. The Hall–Kier alpha value is -3.16. The van der Waals surface area contributed by atoms with E-state index in [2.05, 4.69) is 28.1 Å². The van der Waals surface area contributed by atoms with Crippen LogP contribution in [0.1, 0.15) is 16.1 Å². The molecule has 0 bridgehead atoms. The molecule has 32 heavy (non-hydrogen) atoms. The molecular formula is C25H23N3O3S. The molecule has 2 unspecified atom stereocenters. The predicted octanol–water partition coefficient (Wildman–Crippen LogP) is 4.89. The molecular weight excluding hydrogens is 422 g/mol. The van der Waals surface area contributed by atoms with Gasteiger partial charge in [0, 0.05) is 32.7 Å². The normalized spacial score (nSPS) is 20.7. The highest BCUT2D eigenvalue weighted by Crippen LogP contribution is 2.34.